The molecule has 2 aromatic rings. The summed E-state index contributed by atoms with van der Waals surface area (Å²) in [6.45, 7) is 10.0. The SMILES string of the molecule is Cc1nccn1Cc1cccc(CNC(C)(C)C)n1. The van der Waals surface area contributed by atoms with Crippen molar-refractivity contribution in [2.24, 2.45) is 0 Å². The number of aryl methyl sites for hydroxylation is 1. The first-order valence-electron chi connectivity index (χ1n) is 6.62. The standard InChI is InChI=1S/C15H22N4/c1-12-16-8-9-19(12)11-14-7-5-6-13(18-14)10-17-15(2,3)4/h5-9,17H,10-11H2,1-4H3. The fraction of sp³-hybridized carbons (Fsp3) is 0.467. The highest BCUT2D eigenvalue weighted by molar-refractivity contribution is 5.12. The molecule has 2 aromatic heterocycles. The van der Waals surface area contributed by atoms with Crippen LogP contribution in [0.1, 0.15) is 38.0 Å². The summed E-state index contributed by atoms with van der Waals surface area (Å²) >= 11 is 0. The highest BCUT2D eigenvalue weighted by Gasteiger charge is 2.09. The number of imidazole rings is 1. The Morgan fingerprint density at radius 2 is 1.95 bits per heavy atom. The summed E-state index contributed by atoms with van der Waals surface area (Å²) < 4.78 is 2.10. The van der Waals surface area contributed by atoms with Crippen LogP contribution in [0.5, 0.6) is 0 Å². The van der Waals surface area contributed by atoms with Gasteiger partial charge in [-0.05, 0) is 39.8 Å². The van der Waals surface area contributed by atoms with Crippen LogP contribution in [0.4, 0.5) is 0 Å². The normalized spacial score (nSPS) is 11.8. The van der Waals surface area contributed by atoms with Crippen LogP contribution in [0.3, 0.4) is 0 Å². The van der Waals surface area contributed by atoms with Gasteiger partial charge in [0.05, 0.1) is 17.9 Å². The van der Waals surface area contributed by atoms with Crippen molar-refractivity contribution < 1.29 is 0 Å². The molecular formula is C15H22N4. The predicted octanol–water partition coefficient (Wildman–Crippen LogP) is 2.52. The van der Waals surface area contributed by atoms with Gasteiger partial charge in [0.2, 0.25) is 0 Å². The van der Waals surface area contributed by atoms with Crippen molar-refractivity contribution in [3.05, 3.63) is 47.8 Å². The summed E-state index contributed by atoms with van der Waals surface area (Å²) in [5.41, 5.74) is 2.25. The van der Waals surface area contributed by atoms with Crippen LogP contribution < -0.4 is 5.32 Å². The second kappa shape index (κ2) is 5.53. The summed E-state index contributed by atoms with van der Waals surface area (Å²) in [6.07, 6.45) is 3.80. The topological polar surface area (TPSA) is 42.7 Å². The first-order chi connectivity index (χ1) is 8.94. The second-order valence-electron chi connectivity index (χ2n) is 5.83. The Hall–Kier alpha value is -1.68. The van der Waals surface area contributed by atoms with Crippen LogP contribution in [0.25, 0.3) is 0 Å². The Labute approximate surface area is 114 Å². The van der Waals surface area contributed by atoms with E-state index in [1.807, 2.05) is 19.3 Å². The minimum absolute atomic E-state index is 0.110. The maximum absolute atomic E-state index is 4.68. The van der Waals surface area contributed by atoms with Crippen LogP contribution in [-0.4, -0.2) is 20.1 Å². The number of aromatic nitrogens is 3. The Kier molecular flexibility index (Phi) is 4.00. The molecule has 0 aromatic carbocycles. The molecule has 0 saturated heterocycles. The van der Waals surface area contributed by atoms with Crippen LogP contribution in [0.15, 0.2) is 30.6 Å². The van der Waals surface area contributed by atoms with Crippen LogP contribution in [0.2, 0.25) is 0 Å². The van der Waals surface area contributed by atoms with Gasteiger partial charge >= 0.3 is 0 Å². The average molecular weight is 258 g/mol. The van der Waals surface area contributed by atoms with E-state index in [1.165, 1.54) is 0 Å². The summed E-state index contributed by atoms with van der Waals surface area (Å²) in [5, 5.41) is 3.45. The third-order valence-electron chi connectivity index (χ3n) is 2.92. The van der Waals surface area contributed by atoms with E-state index in [-0.39, 0.29) is 5.54 Å². The third-order valence-corrected chi connectivity index (χ3v) is 2.92. The molecule has 102 valence electrons. The minimum atomic E-state index is 0.110. The lowest BCUT2D eigenvalue weighted by molar-refractivity contribution is 0.421. The van der Waals surface area contributed by atoms with Crippen molar-refractivity contribution in [2.75, 3.05) is 0 Å². The molecule has 2 heterocycles. The van der Waals surface area contributed by atoms with Gasteiger partial charge in [0.1, 0.15) is 5.82 Å². The molecular weight excluding hydrogens is 236 g/mol. The van der Waals surface area contributed by atoms with E-state index in [4.69, 9.17) is 0 Å². The number of hydrogen-bond acceptors (Lipinski definition) is 3. The fourth-order valence-corrected chi connectivity index (χ4v) is 1.82. The lowest BCUT2D eigenvalue weighted by atomic mass is 10.1. The number of nitrogens with zero attached hydrogens (tertiary/aromatic N) is 3. The molecule has 0 radical (unpaired) electrons. The molecule has 0 amide bonds. The van der Waals surface area contributed by atoms with Crippen molar-refractivity contribution in [1.29, 1.82) is 0 Å². The molecule has 0 saturated carbocycles. The van der Waals surface area contributed by atoms with E-state index in [1.54, 1.807) is 0 Å². The number of hydrogen-bond donors (Lipinski definition) is 1. The largest absolute Gasteiger partial charge is 0.329 e. The maximum atomic E-state index is 4.68. The number of nitrogens with one attached hydrogen (secondary N) is 1. The van der Waals surface area contributed by atoms with E-state index < -0.39 is 0 Å². The molecule has 0 fully saturated rings. The lowest BCUT2D eigenvalue weighted by Gasteiger charge is -2.20. The summed E-state index contributed by atoms with van der Waals surface area (Å²) in [4.78, 5) is 8.91. The first-order valence-corrected chi connectivity index (χ1v) is 6.62. The van der Waals surface area contributed by atoms with Crippen LogP contribution in [-0.2, 0) is 13.1 Å². The fourth-order valence-electron chi connectivity index (χ4n) is 1.82. The number of rotatable bonds is 4. The van der Waals surface area contributed by atoms with Crippen molar-refractivity contribution in [1.82, 2.24) is 19.9 Å². The van der Waals surface area contributed by atoms with E-state index >= 15 is 0 Å². The average Bonchev–Trinajstić information content (AvgIpc) is 2.72. The van der Waals surface area contributed by atoms with Crippen LogP contribution >= 0.6 is 0 Å². The Morgan fingerprint density at radius 1 is 1.21 bits per heavy atom. The molecule has 0 aliphatic heterocycles. The minimum Gasteiger partial charge on any atom is -0.329 e. The zero-order chi connectivity index (χ0) is 13.9. The van der Waals surface area contributed by atoms with Crippen molar-refractivity contribution in [2.45, 2.75) is 46.3 Å². The van der Waals surface area contributed by atoms with Gasteiger partial charge in [-0.2, -0.15) is 0 Å². The molecule has 0 unspecified atom stereocenters. The highest BCUT2D eigenvalue weighted by atomic mass is 15.1. The van der Waals surface area contributed by atoms with E-state index in [0.29, 0.717) is 0 Å². The highest BCUT2D eigenvalue weighted by Crippen LogP contribution is 2.06. The molecule has 0 spiro atoms. The molecule has 4 nitrogen and oxygen atoms in total. The number of pyridine rings is 1. The van der Waals surface area contributed by atoms with Gasteiger partial charge in [-0.15, -0.1) is 0 Å². The maximum Gasteiger partial charge on any atom is 0.105 e. The predicted molar refractivity (Wildman–Crippen MR) is 76.9 cm³/mol. The van der Waals surface area contributed by atoms with Crippen LogP contribution in [0, 0.1) is 6.92 Å². The third kappa shape index (κ3) is 4.17. The Morgan fingerprint density at radius 3 is 2.58 bits per heavy atom. The zero-order valence-corrected chi connectivity index (χ0v) is 12.1. The van der Waals surface area contributed by atoms with Gasteiger partial charge in [-0.3, -0.25) is 4.98 Å². The first kappa shape index (κ1) is 13.7. The Balaban J connectivity index is 2.05. The molecule has 0 atom stereocenters. The summed E-state index contributed by atoms with van der Waals surface area (Å²) in [6, 6.07) is 6.18. The molecule has 2 rings (SSSR count). The molecule has 19 heavy (non-hydrogen) atoms. The van der Waals surface area contributed by atoms with Crippen molar-refractivity contribution in [3.8, 4) is 0 Å². The zero-order valence-electron chi connectivity index (χ0n) is 12.1. The van der Waals surface area contributed by atoms with E-state index in [0.717, 1.165) is 30.3 Å². The summed E-state index contributed by atoms with van der Waals surface area (Å²) in [7, 11) is 0. The molecule has 0 bridgehead atoms. The van der Waals surface area contributed by atoms with Gasteiger partial charge in [-0.1, -0.05) is 6.07 Å². The quantitative estimate of drug-likeness (QED) is 0.916. The van der Waals surface area contributed by atoms with Crippen molar-refractivity contribution in [3.63, 3.8) is 0 Å². The van der Waals surface area contributed by atoms with Crippen molar-refractivity contribution >= 4 is 0 Å². The smallest absolute Gasteiger partial charge is 0.105 e. The van der Waals surface area contributed by atoms with E-state index in [2.05, 4.69) is 58.8 Å². The molecule has 0 aliphatic rings. The van der Waals surface area contributed by atoms with Gasteiger partial charge < -0.3 is 9.88 Å². The molecule has 1 N–H and O–H groups in total. The lowest BCUT2D eigenvalue weighted by Crippen LogP contribution is -2.35. The molecule has 0 aliphatic carbocycles. The van der Waals surface area contributed by atoms with Gasteiger partial charge in [0.25, 0.3) is 0 Å². The van der Waals surface area contributed by atoms with Gasteiger partial charge in [0.15, 0.2) is 0 Å². The second-order valence-corrected chi connectivity index (χ2v) is 5.83. The van der Waals surface area contributed by atoms with Gasteiger partial charge in [0, 0.05) is 24.5 Å². The Bertz CT molecular complexity index is 537. The molecule has 4 heteroatoms. The monoisotopic (exact) mass is 258 g/mol. The summed E-state index contributed by atoms with van der Waals surface area (Å²) in [5.74, 6) is 1.01. The van der Waals surface area contributed by atoms with E-state index in [9.17, 15) is 0 Å². The van der Waals surface area contributed by atoms with Gasteiger partial charge in [-0.25, -0.2) is 4.98 Å².